The third-order valence-corrected chi connectivity index (χ3v) is 11.0. The van der Waals surface area contributed by atoms with Gasteiger partial charge in [-0.15, -0.1) is 0 Å². The van der Waals surface area contributed by atoms with E-state index in [1.54, 1.807) is 18.1 Å². The van der Waals surface area contributed by atoms with Gasteiger partial charge < -0.3 is 23.9 Å². The summed E-state index contributed by atoms with van der Waals surface area (Å²) in [6, 6.07) is 13.7. The molecule has 10 heteroatoms. The number of nitrogens with zero attached hydrogens (tertiary/aromatic N) is 5. The normalized spacial score (nSPS) is 18.9. The lowest BCUT2D eigenvalue weighted by molar-refractivity contribution is -0.0712. The fraction of sp³-hybridized carbons (Fsp3) is 0.447. The fourth-order valence-electron chi connectivity index (χ4n) is 8.17. The Morgan fingerprint density at radius 3 is 2.48 bits per heavy atom. The van der Waals surface area contributed by atoms with Crippen molar-refractivity contribution in [2.75, 3.05) is 37.7 Å². The lowest BCUT2D eigenvalue weighted by Crippen LogP contribution is -2.51. The molecule has 5 heterocycles. The molecule has 250 valence electrons. The van der Waals surface area contributed by atoms with E-state index in [0.717, 1.165) is 70.4 Å². The summed E-state index contributed by atoms with van der Waals surface area (Å²) >= 11 is 0. The van der Waals surface area contributed by atoms with Crippen molar-refractivity contribution in [3.8, 4) is 11.3 Å². The van der Waals surface area contributed by atoms with E-state index in [4.69, 9.17) is 9.72 Å². The minimum Gasteiger partial charge on any atom is -0.392 e. The molecule has 1 aliphatic carbocycles. The Morgan fingerprint density at radius 1 is 0.979 bits per heavy atom. The lowest BCUT2D eigenvalue weighted by Gasteiger charge is -2.41. The molecule has 1 N–H and O–H groups in total. The number of aliphatic hydroxyl groups is 1. The molecule has 4 aromatic rings. The molecule has 1 amide bonds. The van der Waals surface area contributed by atoms with Crippen LogP contribution in [0.3, 0.4) is 0 Å². The van der Waals surface area contributed by atoms with Crippen LogP contribution in [0.25, 0.3) is 11.3 Å². The van der Waals surface area contributed by atoms with E-state index < -0.39 is 12.4 Å². The number of carbonyl (C=O) groups excluding carboxylic acids is 1. The summed E-state index contributed by atoms with van der Waals surface area (Å²) in [5.74, 6) is -0.214. The number of aryl methyl sites for hydroxylation is 2. The lowest BCUT2D eigenvalue weighted by atomic mass is 9.88. The Bertz CT molecular complexity index is 1920. The van der Waals surface area contributed by atoms with Gasteiger partial charge in [0.1, 0.15) is 17.2 Å². The predicted molar refractivity (Wildman–Crippen MR) is 181 cm³/mol. The highest BCUT2D eigenvalue weighted by molar-refractivity contribution is 6.07. The molecule has 2 aromatic heterocycles. The average molecular weight is 652 g/mol. The molecule has 0 spiro atoms. The summed E-state index contributed by atoms with van der Waals surface area (Å²) in [6.45, 7) is 4.46. The van der Waals surface area contributed by atoms with E-state index in [1.165, 1.54) is 33.5 Å². The van der Waals surface area contributed by atoms with Crippen LogP contribution >= 0.6 is 0 Å². The molecule has 9 nitrogen and oxygen atoms in total. The standard InChI is InChI=1S/C38H42FN5O4/c1-41-20-33(40-32(37(41)46)16-24-6-8-25(9-7-24)26-10-12-42(13-11-26)29-22-48-23-29)30-18-28(39)19-35(31(30)21-45)44-15-14-43-34-5-3-2-4-27(34)17-36(43)38(44)47/h6-9,17-20,26,29,45H,2-5,10-16,21-23H2,1H3. The van der Waals surface area contributed by atoms with Crippen LogP contribution in [-0.2, 0) is 44.2 Å². The van der Waals surface area contributed by atoms with Gasteiger partial charge in [0.2, 0.25) is 0 Å². The molecule has 3 aliphatic heterocycles. The molecule has 0 saturated carbocycles. The second-order valence-corrected chi connectivity index (χ2v) is 13.8. The number of halogens is 1. The maximum Gasteiger partial charge on any atom is 0.274 e. The Hall–Kier alpha value is -4.12. The molecule has 0 bridgehead atoms. The van der Waals surface area contributed by atoms with Crippen LogP contribution in [0.15, 0.2) is 53.5 Å². The van der Waals surface area contributed by atoms with Crippen molar-refractivity contribution < 1.29 is 19.0 Å². The minimum atomic E-state index is -0.537. The number of anilines is 1. The van der Waals surface area contributed by atoms with Gasteiger partial charge in [-0.25, -0.2) is 9.37 Å². The van der Waals surface area contributed by atoms with Gasteiger partial charge >= 0.3 is 0 Å². The average Bonchev–Trinajstić information content (AvgIpc) is 3.46. The second-order valence-electron chi connectivity index (χ2n) is 13.8. The molecular formula is C38H42FN5O4. The van der Waals surface area contributed by atoms with Gasteiger partial charge in [0, 0.05) is 49.6 Å². The number of amides is 1. The van der Waals surface area contributed by atoms with Crippen LogP contribution in [0.1, 0.15) is 75.7 Å². The van der Waals surface area contributed by atoms with Gasteiger partial charge in [0.15, 0.2) is 0 Å². The van der Waals surface area contributed by atoms with Crippen LogP contribution < -0.4 is 10.5 Å². The number of likely N-dealkylation sites (tertiary alicyclic amines) is 1. The van der Waals surface area contributed by atoms with Crippen LogP contribution in [0.4, 0.5) is 10.1 Å². The zero-order valence-corrected chi connectivity index (χ0v) is 27.5. The predicted octanol–water partition coefficient (Wildman–Crippen LogP) is 4.59. The molecule has 4 aliphatic rings. The number of benzene rings is 2. The van der Waals surface area contributed by atoms with Crippen molar-refractivity contribution in [1.82, 2.24) is 19.0 Å². The first-order chi connectivity index (χ1) is 23.4. The SMILES string of the molecule is Cn1cc(-c2cc(F)cc(N3CCn4c(cc5c4CCCC5)C3=O)c2CO)nc(Cc2ccc(C3CCN(C4COC4)CC3)cc2)c1=O. The number of rotatable bonds is 7. The first-order valence-electron chi connectivity index (χ1n) is 17.3. The summed E-state index contributed by atoms with van der Waals surface area (Å²) in [7, 11) is 1.66. The number of hydrogen-bond acceptors (Lipinski definition) is 6. The van der Waals surface area contributed by atoms with Gasteiger partial charge in [-0.05, 0) is 92.4 Å². The van der Waals surface area contributed by atoms with Crippen molar-refractivity contribution in [3.63, 3.8) is 0 Å². The van der Waals surface area contributed by atoms with Gasteiger partial charge in [-0.3, -0.25) is 14.5 Å². The Morgan fingerprint density at radius 2 is 1.75 bits per heavy atom. The molecule has 2 fully saturated rings. The molecular weight excluding hydrogens is 609 g/mol. The van der Waals surface area contributed by atoms with Crippen molar-refractivity contribution in [2.24, 2.45) is 7.05 Å². The van der Waals surface area contributed by atoms with Gasteiger partial charge in [-0.1, -0.05) is 24.3 Å². The number of fused-ring (bicyclic) bond motifs is 3. The summed E-state index contributed by atoms with van der Waals surface area (Å²) in [5.41, 5.74) is 6.97. The van der Waals surface area contributed by atoms with E-state index in [0.29, 0.717) is 65.4 Å². The van der Waals surface area contributed by atoms with Crippen LogP contribution in [0.2, 0.25) is 0 Å². The Labute approximate surface area is 279 Å². The fourth-order valence-corrected chi connectivity index (χ4v) is 8.17. The van der Waals surface area contributed by atoms with Crippen molar-refractivity contribution >= 4 is 11.6 Å². The van der Waals surface area contributed by atoms with Crippen molar-refractivity contribution in [1.29, 1.82) is 0 Å². The highest BCUT2D eigenvalue weighted by atomic mass is 19.1. The number of carbonyl (C=O) groups is 1. The molecule has 48 heavy (non-hydrogen) atoms. The first kappa shape index (κ1) is 31.2. The topological polar surface area (TPSA) is 92.8 Å². The summed E-state index contributed by atoms with van der Waals surface area (Å²) in [5, 5.41) is 10.6. The van der Waals surface area contributed by atoms with E-state index in [-0.39, 0.29) is 11.5 Å². The summed E-state index contributed by atoms with van der Waals surface area (Å²) < 4.78 is 24.3. The summed E-state index contributed by atoms with van der Waals surface area (Å²) in [6.07, 6.45) is 8.32. The van der Waals surface area contributed by atoms with E-state index in [1.807, 2.05) is 6.07 Å². The number of aliphatic hydroxyl groups excluding tert-OH is 1. The largest absolute Gasteiger partial charge is 0.392 e. The monoisotopic (exact) mass is 651 g/mol. The van der Waals surface area contributed by atoms with Gasteiger partial charge in [0.05, 0.1) is 37.2 Å². The molecule has 8 rings (SSSR count). The maximum absolute atomic E-state index is 15.4. The summed E-state index contributed by atoms with van der Waals surface area (Å²) in [4.78, 5) is 36.0. The van der Waals surface area contributed by atoms with E-state index in [9.17, 15) is 14.7 Å². The van der Waals surface area contributed by atoms with Gasteiger partial charge in [-0.2, -0.15) is 0 Å². The number of piperidine rings is 1. The minimum absolute atomic E-state index is 0.196. The third-order valence-electron chi connectivity index (χ3n) is 11.0. The molecule has 0 atom stereocenters. The smallest absolute Gasteiger partial charge is 0.274 e. The third kappa shape index (κ3) is 5.59. The molecule has 0 radical (unpaired) electrons. The number of ether oxygens (including phenoxy) is 1. The zero-order chi connectivity index (χ0) is 32.9. The van der Waals surface area contributed by atoms with Crippen LogP contribution in [-0.4, -0.2) is 68.9 Å². The number of hydrogen-bond donors (Lipinski definition) is 1. The molecule has 2 aromatic carbocycles. The Kier molecular flexibility index (Phi) is 8.26. The zero-order valence-electron chi connectivity index (χ0n) is 27.5. The highest BCUT2D eigenvalue weighted by Gasteiger charge is 2.33. The first-order valence-corrected chi connectivity index (χ1v) is 17.3. The Balaban J connectivity index is 1.06. The van der Waals surface area contributed by atoms with Crippen LogP contribution in [0, 0.1) is 5.82 Å². The van der Waals surface area contributed by atoms with Crippen molar-refractivity contribution in [2.45, 2.75) is 70.1 Å². The van der Waals surface area contributed by atoms with E-state index in [2.05, 4.69) is 33.7 Å². The van der Waals surface area contributed by atoms with Gasteiger partial charge in [0.25, 0.3) is 11.5 Å². The second kappa shape index (κ2) is 12.7. The maximum atomic E-state index is 15.4. The highest BCUT2D eigenvalue weighted by Crippen LogP contribution is 2.36. The van der Waals surface area contributed by atoms with E-state index >= 15 is 4.39 Å². The molecule has 0 unspecified atom stereocenters. The van der Waals surface area contributed by atoms with Crippen LogP contribution in [0.5, 0.6) is 0 Å². The number of aromatic nitrogens is 3. The quantitative estimate of drug-likeness (QED) is 0.315. The van der Waals surface area contributed by atoms with Crippen molar-refractivity contribution in [3.05, 3.63) is 104 Å². The molecule has 2 saturated heterocycles.